The minimum absolute atomic E-state index is 0. The van der Waals surface area contributed by atoms with E-state index in [0.717, 1.165) is 38.4 Å². The standard InChI is InChI=1S/C15H20N6OS.ClH/c1-11-12(23-15(20-11)13-17-3-2-4-18-13)14(22)19-7-10-21-8-5-16-6-9-21;/h2-4,16H,5-10H2,1H3,(H,19,22);1H. The van der Waals surface area contributed by atoms with Crippen molar-refractivity contribution < 1.29 is 4.79 Å². The van der Waals surface area contributed by atoms with Gasteiger partial charge in [0.15, 0.2) is 10.8 Å². The van der Waals surface area contributed by atoms with Crippen LogP contribution in [0.2, 0.25) is 0 Å². The van der Waals surface area contributed by atoms with Crippen molar-refractivity contribution >= 4 is 29.7 Å². The Morgan fingerprint density at radius 1 is 1.33 bits per heavy atom. The van der Waals surface area contributed by atoms with E-state index in [0.29, 0.717) is 22.3 Å². The summed E-state index contributed by atoms with van der Waals surface area (Å²) in [7, 11) is 0. The van der Waals surface area contributed by atoms with Crippen LogP contribution < -0.4 is 10.6 Å². The van der Waals surface area contributed by atoms with E-state index in [1.807, 2.05) is 6.92 Å². The first-order valence-corrected chi connectivity index (χ1v) is 8.52. The molecule has 2 aromatic heterocycles. The molecule has 0 radical (unpaired) electrons. The third-order valence-electron chi connectivity index (χ3n) is 3.68. The third-order valence-corrected chi connectivity index (χ3v) is 4.84. The smallest absolute Gasteiger partial charge is 0.263 e. The fourth-order valence-corrected chi connectivity index (χ4v) is 3.39. The molecule has 0 aromatic carbocycles. The number of aromatic nitrogens is 3. The molecule has 0 unspecified atom stereocenters. The van der Waals surface area contributed by atoms with Crippen molar-refractivity contribution in [1.29, 1.82) is 0 Å². The van der Waals surface area contributed by atoms with E-state index in [1.165, 1.54) is 11.3 Å². The summed E-state index contributed by atoms with van der Waals surface area (Å²) in [4.78, 5) is 28.1. The minimum Gasteiger partial charge on any atom is -0.350 e. The quantitative estimate of drug-likeness (QED) is 0.818. The Labute approximate surface area is 151 Å². The molecule has 0 bridgehead atoms. The second kappa shape index (κ2) is 9.03. The predicted molar refractivity (Wildman–Crippen MR) is 96.8 cm³/mol. The van der Waals surface area contributed by atoms with Crippen molar-refractivity contribution in [2.24, 2.45) is 0 Å². The Morgan fingerprint density at radius 3 is 2.75 bits per heavy atom. The van der Waals surface area contributed by atoms with Crippen molar-refractivity contribution in [1.82, 2.24) is 30.5 Å². The van der Waals surface area contributed by atoms with Crippen LogP contribution in [0.1, 0.15) is 15.4 Å². The number of piperazine rings is 1. The first-order valence-electron chi connectivity index (χ1n) is 7.70. The largest absolute Gasteiger partial charge is 0.350 e. The van der Waals surface area contributed by atoms with E-state index < -0.39 is 0 Å². The number of rotatable bonds is 5. The molecule has 1 aliphatic heterocycles. The lowest BCUT2D eigenvalue weighted by Crippen LogP contribution is -2.46. The molecule has 0 atom stereocenters. The SMILES string of the molecule is Cc1nc(-c2ncccn2)sc1C(=O)NCCN1CCNCC1.Cl. The van der Waals surface area contributed by atoms with Gasteiger partial charge in [0.05, 0.1) is 5.69 Å². The Hall–Kier alpha value is -1.61. The maximum atomic E-state index is 12.3. The zero-order chi connectivity index (χ0) is 16.1. The Bertz CT molecular complexity index is 659. The monoisotopic (exact) mass is 368 g/mol. The van der Waals surface area contributed by atoms with Crippen molar-refractivity contribution in [2.45, 2.75) is 6.92 Å². The zero-order valence-corrected chi connectivity index (χ0v) is 15.1. The van der Waals surface area contributed by atoms with Crippen LogP contribution in [0.25, 0.3) is 10.8 Å². The number of carbonyl (C=O) groups is 1. The molecule has 3 heterocycles. The molecular formula is C15H21ClN6OS. The van der Waals surface area contributed by atoms with E-state index in [-0.39, 0.29) is 18.3 Å². The molecule has 1 fully saturated rings. The second-order valence-electron chi connectivity index (χ2n) is 5.35. The summed E-state index contributed by atoms with van der Waals surface area (Å²) in [6.45, 7) is 7.46. The first kappa shape index (κ1) is 18.7. The summed E-state index contributed by atoms with van der Waals surface area (Å²) in [5.74, 6) is 0.484. The molecular weight excluding hydrogens is 348 g/mol. The lowest BCUT2D eigenvalue weighted by molar-refractivity contribution is 0.0950. The highest BCUT2D eigenvalue weighted by Crippen LogP contribution is 2.24. The Balaban J connectivity index is 0.00000208. The van der Waals surface area contributed by atoms with E-state index in [4.69, 9.17) is 0 Å². The van der Waals surface area contributed by atoms with Crippen LogP contribution >= 0.6 is 23.7 Å². The van der Waals surface area contributed by atoms with Gasteiger partial charge in [0.25, 0.3) is 5.91 Å². The highest BCUT2D eigenvalue weighted by atomic mass is 35.5. The lowest BCUT2D eigenvalue weighted by atomic mass is 10.3. The Morgan fingerprint density at radius 2 is 2.04 bits per heavy atom. The van der Waals surface area contributed by atoms with Crippen LogP contribution in [0.4, 0.5) is 0 Å². The zero-order valence-electron chi connectivity index (χ0n) is 13.5. The Kier molecular flexibility index (Phi) is 7.04. The average Bonchev–Trinajstić information content (AvgIpc) is 2.98. The second-order valence-corrected chi connectivity index (χ2v) is 6.35. The fraction of sp³-hybridized carbons (Fsp3) is 0.467. The van der Waals surface area contributed by atoms with Gasteiger partial charge in [-0.25, -0.2) is 15.0 Å². The van der Waals surface area contributed by atoms with E-state index in [2.05, 4.69) is 30.5 Å². The summed E-state index contributed by atoms with van der Waals surface area (Å²) in [5, 5.41) is 6.97. The number of carbonyl (C=O) groups excluding carboxylic acids is 1. The highest BCUT2D eigenvalue weighted by molar-refractivity contribution is 7.17. The van der Waals surface area contributed by atoms with Gasteiger partial charge in [-0.05, 0) is 13.0 Å². The van der Waals surface area contributed by atoms with Gasteiger partial charge < -0.3 is 10.6 Å². The summed E-state index contributed by atoms with van der Waals surface area (Å²) < 4.78 is 0. The van der Waals surface area contributed by atoms with Crippen molar-refractivity contribution in [3.8, 4) is 10.8 Å². The number of nitrogens with zero attached hydrogens (tertiary/aromatic N) is 4. The van der Waals surface area contributed by atoms with Crippen molar-refractivity contribution in [3.63, 3.8) is 0 Å². The molecule has 130 valence electrons. The number of hydrogen-bond donors (Lipinski definition) is 2. The minimum atomic E-state index is -0.0719. The number of hydrogen-bond acceptors (Lipinski definition) is 7. The lowest BCUT2D eigenvalue weighted by Gasteiger charge is -2.27. The van der Waals surface area contributed by atoms with E-state index in [9.17, 15) is 4.79 Å². The molecule has 3 rings (SSSR count). The number of aryl methyl sites for hydroxylation is 1. The van der Waals surface area contributed by atoms with Gasteiger partial charge in [-0.2, -0.15) is 0 Å². The van der Waals surface area contributed by atoms with Crippen LogP contribution in [-0.2, 0) is 0 Å². The number of amides is 1. The molecule has 0 aliphatic carbocycles. The van der Waals surface area contributed by atoms with Gasteiger partial charge in [-0.3, -0.25) is 9.69 Å². The molecule has 1 aliphatic rings. The maximum absolute atomic E-state index is 12.3. The van der Waals surface area contributed by atoms with Gasteiger partial charge >= 0.3 is 0 Å². The molecule has 1 saturated heterocycles. The third kappa shape index (κ3) is 4.70. The summed E-state index contributed by atoms with van der Waals surface area (Å²) in [6.07, 6.45) is 3.35. The van der Waals surface area contributed by atoms with Gasteiger partial charge in [-0.1, -0.05) is 0 Å². The van der Waals surface area contributed by atoms with Gasteiger partial charge in [0, 0.05) is 51.7 Å². The molecule has 0 saturated carbocycles. The maximum Gasteiger partial charge on any atom is 0.263 e. The predicted octanol–water partition coefficient (Wildman–Crippen LogP) is 0.965. The van der Waals surface area contributed by atoms with Crippen LogP contribution in [-0.4, -0.2) is 65.0 Å². The van der Waals surface area contributed by atoms with Crippen LogP contribution in [0.5, 0.6) is 0 Å². The molecule has 7 nitrogen and oxygen atoms in total. The van der Waals surface area contributed by atoms with Crippen LogP contribution in [0.3, 0.4) is 0 Å². The number of nitrogens with one attached hydrogen (secondary N) is 2. The van der Waals surface area contributed by atoms with Crippen LogP contribution in [0.15, 0.2) is 18.5 Å². The van der Waals surface area contributed by atoms with Crippen molar-refractivity contribution in [3.05, 3.63) is 29.0 Å². The first-order chi connectivity index (χ1) is 11.2. The highest BCUT2D eigenvalue weighted by Gasteiger charge is 2.17. The molecule has 1 amide bonds. The van der Waals surface area contributed by atoms with Gasteiger partial charge in [0.1, 0.15) is 4.88 Å². The molecule has 9 heteroatoms. The van der Waals surface area contributed by atoms with E-state index in [1.54, 1.807) is 18.5 Å². The normalized spacial score (nSPS) is 14.9. The fourth-order valence-electron chi connectivity index (χ4n) is 2.45. The summed E-state index contributed by atoms with van der Waals surface area (Å²) in [6, 6.07) is 1.76. The summed E-state index contributed by atoms with van der Waals surface area (Å²) >= 11 is 1.33. The molecule has 24 heavy (non-hydrogen) atoms. The summed E-state index contributed by atoms with van der Waals surface area (Å²) in [5.41, 5.74) is 0.720. The average molecular weight is 369 g/mol. The number of halogens is 1. The van der Waals surface area contributed by atoms with Gasteiger partial charge in [0.2, 0.25) is 0 Å². The topological polar surface area (TPSA) is 83.0 Å². The number of thiazole rings is 1. The van der Waals surface area contributed by atoms with Gasteiger partial charge in [-0.15, -0.1) is 23.7 Å². The van der Waals surface area contributed by atoms with Crippen molar-refractivity contribution in [2.75, 3.05) is 39.3 Å². The molecule has 2 N–H and O–H groups in total. The molecule has 0 spiro atoms. The van der Waals surface area contributed by atoms with Crippen LogP contribution in [0, 0.1) is 6.92 Å². The van der Waals surface area contributed by atoms with E-state index >= 15 is 0 Å². The molecule has 2 aromatic rings.